The molecule has 0 aromatic carbocycles. The molecule has 1 fully saturated rings. The molecule has 0 saturated heterocycles. The monoisotopic (exact) mass is 259 g/mol. The number of hydrogen-bond donors (Lipinski definition) is 1. The number of nitrogens with zero attached hydrogens (tertiary/aromatic N) is 2. The smallest absolute Gasteiger partial charge is 0.0562 e. The second kappa shape index (κ2) is 5.74. The zero-order valence-corrected chi connectivity index (χ0v) is 12.3. The van der Waals surface area contributed by atoms with Crippen molar-refractivity contribution in [3.8, 4) is 0 Å². The van der Waals surface area contributed by atoms with Crippen LogP contribution in [0.4, 0.5) is 5.69 Å². The molecule has 0 atom stereocenters. The minimum absolute atomic E-state index is 0.120. The second-order valence-electron chi connectivity index (χ2n) is 6.28. The Balaban J connectivity index is 2.07. The third-order valence-electron chi connectivity index (χ3n) is 3.25. The highest BCUT2D eigenvalue weighted by Gasteiger charge is 2.28. The van der Waals surface area contributed by atoms with Crippen molar-refractivity contribution in [1.82, 2.24) is 10.3 Å². The van der Waals surface area contributed by atoms with Gasteiger partial charge in [0.2, 0.25) is 0 Å². The largest absolute Gasteiger partial charge is 0.365 e. The van der Waals surface area contributed by atoms with E-state index in [9.17, 15) is 0 Å². The Morgan fingerprint density at radius 2 is 2.21 bits per heavy atom. The van der Waals surface area contributed by atoms with Gasteiger partial charge in [0.1, 0.15) is 0 Å². The first-order valence-electron chi connectivity index (χ1n) is 7.07. The molecule has 1 aromatic rings. The molecule has 19 heavy (non-hydrogen) atoms. The summed E-state index contributed by atoms with van der Waals surface area (Å²) in [6.07, 6.45) is 6.48. The van der Waals surface area contributed by atoms with E-state index in [1.807, 2.05) is 12.3 Å². The van der Waals surface area contributed by atoms with E-state index in [0.29, 0.717) is 6.04 Å². The number of nitrogens with one attached hydrogen (secondary N) is 1. The Labute approximate surface area is 116 Å². The average Bonchev–Trinajstić information content (AvgIpc) is 3.17. The van der Waals surface area contributed by atoms with E-state index in [0.717, 1.165) is 18.8 Å². The van der Waals surface area contributed by atoms with Crippen molar-refractivity contribution in [3.63, 3.8) is 0 Å². The Bertz CT molecular complexity index is 430. The van der Waals surface area contributed by atoms with Crippen LogP contribution >= 0.6 is 0 Å². The van der Waals surface area contributed by atoms with Crippen LogP contribution in [0.15, 0.2) is 31.0 Å². The minimum Gasteiger partial charge on any atom is -0.365 e. The normalized spacial score (nSPS) is 15.3. The lowest BCUT2D eigenvalue weighted by molar-refractivity contribution is 0.421. The van der Waals surface area contributed by atoms with Crippen LogP contribution in [0.5, 0.6) is 0 Å². The molecule has 3 nitrogen and oxygen atoms in total. The fourth-order valence-corrected chi connectivity index (χ4v) is 2.09. The number of rotatable bonds is 6. The van der Waals surface area contributed by atoms with Crippen molar-refractivity contribution in [2.45, 2.75) is 51.7 Å². The van der Waals surface area contributed by atoms with Crippen molar-refractivity contribution >= 4 is 5.69 Å². The van der Waals surface area contributed by atoms with E-state index in [-0.39, 0.29) is 5.54 Å². The predicted octanol–water partition coefficient (Wildman–Crippen LogP) is 3.12. The summed E-state index contributed by atoms with van der Waals surface area (Å²) < 4.78 is 0. The molecule has 1 aliphatic carbocycles. The highest BCUT2D eigenvalue weighted by molar-refractivity contribution is 5.49. The van der Waals surface area contributed by atoms with E-state index in [4.69, 9.17) is 0 Å². The lowest BCUT2D eigenvalue weighted by atomic mass is 10.1. The molecule has 1 N–H and O–H groups in total. The molecule has 0 unspecified atom stereocenters. The molecule has 1 saturated carbocycles. The summed E-state index contributed by atoms with van der Waals surface area (Å²) >= 11 is 0. The molecule has 0 radical (unpaired) electrons. The van der Waals surface area contributed by atoms with E-state index in [2.05, 4.69) is 54.7 Å². The third-order valence-corrected chi connectivity index (χ3v) is 3.25. The van der Waals surface area contributed by atoms with Gasteiger partial charge in [-0.25, -0.2) is 0 Å². The van der Waals surface area contributed by atoms with Crippen LogP contribution in [0.1, 0.15) is 39.3 Å². The van der Waals surface area contributed by atoms with Gasteiger partial charge in [-0.3, -0.25) is 4.98 Å². The van der Waals surface area contributed by atoms with Crippen molar-refractivity contribution in [2.24, 2.45) is 0 Å². The fraction of sp³-hybridized carbons (Fsp3) is 0.562. The second-order valence-corrected chi connectivity index (χ2v) is 6.28. The van der Waals surface area contributed by atoms with Gasteiger partial charge in [0.25, 0.3) is 0 Å². The summed E-state index contributed by atoms with van der Waals surface area (Å²) in [5.74, 6) is 0. The van der Waals surface area contributed by atoms with Crippen LogP contribution in [0.3, 0.4) is 0 Å². The maximum atomic E-state index is 4.45. The molecule has 1 heterocycles. The Hall–Kier alpha value is -1.35. The average molecular weight is 259 g/mol. The van der Waals surface area contributed by atoms with Gasteiger partial charge in [-0.2, -0.15) is 0 Å². The molecule has 0 amide bonds. The van der Waals surface area contributed by atoms with E-state index in [1.165, 1.54) is 18.5 Å². The summed E-state index contributed by atoms with van der Waals surface area (Å²) in [4.78, 5) is 6.88. The van der Waals surface area contributed by atoms with Crippen LogP contribution in [0.25, 0.3) is 0 Å². The van der Waals surface area contributed by atoms with Gasteiger partial charge in [0.05, 0.1) is 5.69 Å². The van der Waals surface area contributed by atoms with Gasteiger partial charge in [-0.15, -0.1) is 6.58 Å². The summed E-state index contributed by atoms with van der Waals surface area (Å²) in [7, 11) is 0. The van der Waals surface area contributed by atoms with Crippen LogP contribution in [0.2, 0.25) is 0 Å². The zero-order valence-electron chi connectivity index (χ0n) is 12.3. The van der Waals surface area contributed by atoms with Crippen LogP contribution in [0, 0.1) is 0 Å². The quantitative estimate of drug-likeness (QED) is 0.796. The maximum absolute atomic E-state index is 4.45. The van der Waals surface area contributed by atoms with Crippen LogP contribution in [-0.4, -0.2) is 23.1 Å². The molecular weight excluding hydrogens is 234 g/mol. The van der Waals surface area contributed by atoms with Gasteiger partial charge >= 0.3 is 0 Å². The number of aromatic nitrogens is 1. The van der Waals surface area contributed by atoms with Crippen molar-refractivity contribution in [1.29, 1.82) is 0 Å². The molecule has 0 aliphatic heterocycles. The van der Waals surface area contributed by atoms with Crippen LogP contribution < -0.4 is 10.2 Å². The summed E-state index contributed by atoms with van der Waals surface area (Å²) in [5.41, 5.74) is 2.49. The molecule has 1 aromatic heterocycles. The minimum atomic E-state index is 0.120. The third kappa shape index (κ3) is 4.35. The molecule has 1 aliphatic rings. The lowest BCUT2D eigenvalue weighted by Crippen LogP contribution is -2.35. The molecule has 3 heteroatoms. The maximum Gasteiger partial charge on any atom is 0.0562 e. The first kappa shape index (κ1) is 14.1. The van der Waals surface area contributed by atoms with Gasteiger partial charge in [0.15, 0.2) is 0 Å². The molecule has 0 spiro atoms. The zero-order chi connectivity index (χ0) is 13.9. The number of pyridine rings is 1. The highest BCUT2D eigenvalue weighted by atomic mass is 15.2. The lowest BCUT2D eigenvalue weighted by Gasteiger charge is -2.24. The first-order chi connectivity index (χ1) is 8.99. The van der Waals surface area contributed by atoms with E-state index >= 15 is 0 Å². The molecule has 2 rings (SSSR count). The standard InChI is InChI=1S/C16H25N3/c1-5-10-19(14-6-7-14)15-8-9-17-13(11-15)12-18-16(2,3)4/h5,8-9,11,14,18H,1,6-7,10,12H2,2-4H3. The Kier molecular flexibility index (Phi) is 4.25. The van der Waals surface area contributed by atoms with Gasteiger partial charge < -0.3 is 10.2 Å². The van der Waals surface area contributed by atoms with Crippen molar-refractivity contribution in [2.75, 3.05) is 11.4 Å². The first-order valence-corrected chi connectivity index (χ1v) is 7.07. The summed E-state index contributed by atoms with van der Waals surface area (Å²) in [6.45, 7) is 12.1. The van der Waals surface area contributed by atoms with E-state index < -0.39 is 0 Å². The number of anilines is 1. The van der Waals surface area contributed by atoms with Crippen LogP contribution in [-0.2, 0) is 6.54 Å². The summed E-state index contributed by atoms with van der Waals surface area (Å²) in [6, 6.07) is 4.99. The van der Waals surface area contributed by atoms with Gasteiger partial charge in [0, 0.05) is 36.6 Å². The Morgan fingerprint density at radius 1 is 1.47 bits per heavy atom. The SMILES string of the molecule is C=CCN(c1ccnc(CNC(C)(C)C)c1)C1CC1. The Morgan fingerprint density at radius 3 is 2.79 bits per heavy atom. The highest BCUT2D eigenvalue weighted by Crippen LogP contribution is 2.31. The topological polar surface area (TPSA) is 28.2 Å². The number of hydrogen-bond acceptors (Lipinski definition) is 3. The molecule has 0 bridgehead atoms. The van der Waals surface area contributed by atoms with Gasteiger partial charge in [-0.1, -0.05) is 6.08 Å². The van der Waals surface area contributed by atoms with E-state index in [1.54, 1.807) is 0 Å². The summed E-state index contributed by atoms with van der Waals surface area (Å²) in [5, 5.41) is 3.48. The predicted molar refractivity (Wildman–Crippen MR) is 81.4 cm³/mol. The van der Waals surface area contributed by atoms with Crippen molar-refractivity contribution < 1.29 is 0 Å². The van der Waals surface area contributed by atoms with Gasteiger partial charge in [-0.05, 0) is 45.7 Å². The molecular formula is C16H25N3. The fourth-order valence-electron chi connectivity index (χ4n) is 2.09. The van der Waals surface area contributed by atoms with Crippen molar-refractivity contribution in [3.05, 3.63) is 36.7 Å². The molecule has 104 valence electrons.